The third kappa shape index (κ3) is 5.57. The Hall–Kier alpha value is -0.280. The lowest BCUT2D eigenvalue weighted by atomic mass is 10.0. The minimum absolute atomic E-state index is 0. The number of carbonyl (C=O) groups is 1. The van der Waals surface area contributed by atoms with Gasteiger partial charge in [-0.3, -0.25) is 4.79 Å². The summed E-state index contributed by atoms with van der Waals surface area (Å²) in [5, 5.41) is 4.17. The number of hydrogen-bond donors (Lipinski definition) is 1. The molecule has 1 atom stereocenters. The molecule has 0 aliphatic rings. The van der Waals surface area contributed by atoms with Gasteiger partial charge < -0.3 is 5.32 Å². The Kier molecular flexibility index (Phi) is 6.66. The van der Waals surface area contributed by atoms with Gasteiger partial charge in [-0.05, 0) is 45.9 Å². The standard InChI is InChI=1S/C13H17Cl2NO.ClH/c1-8(16-13(2,3)4)12(17)9-5-10(14)7-11(15)6-9;/h5-8,16H,1-4H3;1H. The Balaban J connectivity index is 0.00000289. The van der Waals surface area contributed by atoms with E-state index >= 15 is 0 Å². The predicted molar refractivity (Wildman–Crippen MR) is 80.4 cm³/mol. The highest BCUT2D eigenvalue weighted by Gasteiger charge is 2.21. The van der Waals surface area contributed by atoms with E-state index in [9.17, 15) is 4.79 Å². The van der Waals surface area contributed by atoms with Crippen LogP contribution in [0.3, 0.4) is 0 Å². The van der Waals surface area contributed by atoms with Crippen LogP contribution >= 0.6 is 35.6 Å². The molecule has 1 aromatic carbocycles. The van der Waals surface area contributed by atoms with Crippen LogP contribution in [0, 0.1) is 0 Å². The third-order valence-electron chi connectivity index (χ3n) is 2.19. The molecular weight excluding hydrogens is 293 g/mol. The Morgan fingerprint density at radius 2 is 1.61 bits per heavy atom. The number of nitrogens with one attached hydrogen (secondary N) is 1. The lowest BCUT2D eigenvalue weighted by Crippen LogP contribution is -2.46. The summed E-state index contributed by atoms with van der Waals surface area (Å²) in [6.45, 7) is 7.88. The summed E-state index contributed by atoms with van der Waals surface area (Å²) in [6.07, 6.45) is 0. The van der Waals surface area contributed by atoms with Crippen LogP contribution in [0.25, 0.3) is 0 Å². The molecule has 0 saturated heterocycles. The molecule has 0 radical (unpaired) electrons. The number of halogens is 3. The van der Waals surface area contributed by atoms with Crippen molar-refractivity contribution in [1.82, 2.24) is 5.32 Å². The molecule has 0 spiro atoms. The van der Waals surface area contributed by atoms with E-state index in [0.29, 0.717) is 15.6 Å². The van der Waals surface area contributed by atoms with Gasteiger partial charge in [-0.25, -0.2) is 0 Å². The zero-order valence-electron chi connectivity index (χ0n) is 10.9. The van der Waals surface area contributed by atoms with Crippen LogP contribution in [0.5, 0.6) is 0 Å². The van der Waals surface area contributed by atoms with Gasteiger partial charge in [0.25, 0.3) is 0 Å². The second-order valence-corrected chi connectivity index (χ2v) is 6.01. The van der Waals surface area contributed by atoms with Gasteiger partial charge >= 0.3 is 0 Å². The van der Waals surface area contributed by atoms with Crippen LogP contribution in [0.15, 0.2) is 18.2 Å². The molecular formula is C13H18Cl3NO. The number of ketones is 1. The minimum atomic E-state index is -0.274. The second kappa shape index (κ2) is 6.76. The van der Waals surface area contributed by atoms with Crippen LogP contribution < -0.4 is 5.32 Å². The first-order valence-electron chi connectivity index (χ1n) is 5.47. The van der Waals surface area contributed by atoms with Crippen LogP contribution in [-0.2, 0) is 0 Å². The lowest BCUT2D eigenvalue weighted by molar-refractivity contribution is 0.0936. The average molecular weight is 311 g/mol. The zero-order chi connectivity index (χ0) is 13.2. The van der Waals surface area contributed by atoms with Crippen LogP contribution in [0.2, 0.25) is 10.0 Å². The van der Waals surface area contributed by atoms with Crippen LogP contribution in [0.1, 0.15) is 38.1 Å². The molecule has 2 nitrogen and oxygen atoms in total. The fraction of sp³-hybridized carbons (Fsp3) is 0.462. The molecule has 0 heterocycles. The number of Topliss-reactive ketones (excluding diaryl/α,β-unsaturated/α-hetero) is 1. The van der Waals surface area contributed by atoms with Gasteiger partial charge in [0.1, 0.15) is 0 Å². The van der Waals surface area contributed by atoms with Crippen LogP contribution in [0.4, 0.5) is 0 Å². The van der Waals surface area contributed by atoms with Crippen molar-refractivity contribution in [2.45, 2.75) is 39.3 Å². The summed E-state index contributed by atoms with van der Waals surface area (Å²) in [5.41, 5.74) is 0.420. The van der Waals surface area contributed by atoms with Crippen molar-refractivity contribution < 1.29 is 4.79 Å². The SMILES string of the molecule is CC(NC(C)(C)C)C(=O)c1cc(Cl)cc(Cl)c1.Cl. The maximum Gasteiger partial charge on any atom is 0.179 e. The Bertz CT molecular complexity index is 406. The van der Waals surface area contributed by atoms with Gasteiger partial charge in [-0.1, -0.05) is 23.2 Å². The van der Waals surface area contributed by atoms with Gasteiger partial charge in [0.2, 0.25) is 0 Å². The molecule has 102 valence electrons. The van der Waals surface area contributed by atoms with Crippen molar-refractivity contribution in [3.05, 3.63) is 33.8 Å². The number of hydrogen-bond acceptors (Lipinski definition) is 2. The lowest BCUT2D eigenvalue weighted by Gasteiger charge is -2.25. The Morgan fingerprint density at radius 1 is 1.17 bits per heavy atom. The van der Waals surface area contributed by atoms with Crippen molar-refractivity contribution in [2.75, 3.05) is 0 Å². The first kappa shape index (κ1) is 17.7. The largest absolute Gasteiger partial charge is 0.303 e. The van der Waals surface area contributed by atoms with E-state index < -0.39 is 0 Å². The van der Waals surface area contributed by atoms with Crippen molar-refractivity contribution >= 4 is 41.4 Å². The topological polar surface area (TPSA) is 29.1 Å². The number of rotatable bonds is 3. The third-order valence-corrected chi connectivity index (χ3v) is 2.63. The highest BCUT2D eigenvalue weighted by atomic mass is 35.5. The molecule has 0 fully saturated rings. The first-order valence-corrected chi connectivity index (χ1v) is 6.22. The maximum absolute atomic E-state index is 12.1. The molecule has 18 heavy (non-hydrogen) atoms. The molecule has 1 rings (SSSR count). The van der Waals surface area contributed by atoms with Gasteiger partial charge in [-0.15, -0.1) is 12.4 Å². The fourth-order valence-electron chi connectivity index (χ4n) is 1.66. The molecule has 1 aromatic rings. The quantitative estimate of drug-likeness (QED) is 0.840. The Labute approximate surface area is 124 Å². The summed E-state index contributed by atoms with van der Waals surface area (Å²) < 4.78 is 0. The Morgan fingerprint density at radius 3 is 2.00 bits per heavy atom. The molecule has 0 saturated carbocycles. The van der Waals surface area contributed by atoms with Gasteiger partial charge in [0.15, 0.2) is 5.78 Å². The van der Waals surface area contributed by atoms with E-state index in [1.807, 2.05) is 27.7 Å². The minimum Gasteiger partial charge on any atom is -0.303 e. The molecule has 0 aromatic heterocycles. The second-order valence-electron chi connectivity index (χ2n) is 5.14. The van der Waals surface area contributed by atoms with E-state index in [-0.39, 0.29) is 29.8 Å². The highest BCUT2D eigenvalue weighted by molar-refractivity contribution is 6.35. The molecule has 1 N–H and O–H groups in total. The first-order chi connectivity index (χ1) is 7.69. The van der Waals surface area contributed by atoms with Gasteiger partial charge in [-0.2, -0.15) is 0 Å². The van der Waals surface area contributed by atoms with Crippen molar-refractivity contribution in [1.29, 1.82) is 0 Å². The summed E-state index contributed by atoms with van der Waals surface area (Å²) >= 11 is 11.7. The van der Waals surface area contributed by atoms with E-state index in [4.69, 9.17) is 23.2 Å². The van der Waals surface area contributed by atoms with Gasteiger partial charge in [0, 0.05) is 21.1 Å². The summed E-state index contributed by atoms with van der Waals surface area (Å²) in [5.74, 6) is -0.00988. The zero-order valence-corrected chi connectivity index (χ0v) is 13.2. The van der Waals surface area contributed by atoms with Crippen molar-refractivity contribution in [3.8, 4) is 0 Å². The molecule has 1 unspecified atom stereocenters. The van der Waals surface area contributed by atoms with E-state index in [1.54, 1.807) is 18.2 Å². The molecule has 0 amide bonds. The number of carbonyl (C=O) groups excluding carboxylic acids is 1. The summed E-state index contributed by atoms with van der Waals surface area (Å²) in [6, 6.07) is 4.61. The molecule has 0 aliphatic carbocycles. The average Bonchev–Trinajstić information content (AvgIpc) is 2.12. The van der Waals surface area contributed by atoms with Crippen molar-refractivity contribution in [2.24, 2.45) is 0 Å². The normalized spacial score (nSPS) is 12.8. The summed E-state index contributed by atoms with van der Waals surface area (Å²) in [7, 11) is 0. The monoisotopic (exact) mass is 309 g/mol. The fourth-order valence-corrected chi connectivity index (χ4v) is 2.19. The van der Waals surface area contributed by atoms with Crippen LogP contribution in [-0.4, -0.2) is 17.4 Å². The molecule has 0 aliphatic heterocycles. The van der Waals surface area contributed by atoms with E-state index in [0.717, 1.165) is 0 Å². The number of benzene rings is 1. The molecule has 0 bridgehead atoms. The van der Waals surface area contributed by atoms with Crippen molar-refractivity contribution in [3.63, 3.8) is 0 Å². The smallest absolute Gasteiger partial charge is 0.179 e. The molecule has 5 heteroatoms. The summed E-state index contributed by atoms with van der Waals surface area (Å²) in [4.78, 5) is 12.1. The van der Waals surface area contributed by atoms with E-state index in [1.165, 1.54) is 0 Å². The maximum atomic E-state index is 12.1. The predicted octanol–water partition coefficient (Wildman–Crippen LogP) is 4.37. The highest BCUT2D eigenvalue weighted by Crippen LogP contribution is 2.20. The van der Waals surface area contributed by atoms with Gasteiger partial charge in [0.05, 0.1) is 6.04 Å². The van der Waals surface area contributed by atoms with E-state index in [2.05, 4.69) is 5.32 Å².